The molecule has 1 heterocycles. The number of unbranched alkanes of at least 4 members (excludes halogenated alkanes) is 1. The van der Waals surface area contributed by atoms with Gasteiger partial charge in [-0.15, -0.1) is 0 Å². The summed E-state index contributed by atoms with van der Waals surface area (Å²) < 4.78 is 10.9. The van der Waals surface area contributed by atoms with Crippen molar-refractivity contribution < 1.29 is 14.3 Å². The van der Waals surface area contributed by atoms with Crippen LogP contribution in [0.15, 0.2) is 48.5 Å². The normalized spacial score (nSPS) is 14.1. The summed E-state index contributed by atoms with van der Waals surface area (Å²) in [5, 5.41) is 0. The fourth-order valence-electron chi connectivity index (χ4n) is 3.17. The maximum absolute atomic E-state index is 12.7. The third-order valence-electron chi connectivity index (χ3n) is 4.87. The van der Waals surface area contributed by atoms with Gasteiger partial charge in [-0.2, -0.15) is 0 Å². The van der Waals surface area contributed by atoms with Gasteiger partial charge >= 0.3 is 0 Å². The Bertz CT molecular complexity index is 720. The molecule has 1 saturated heterocycles. The lowest BCUT2D eigenvalue weighted by atomic mass is 10.1. The number of carbonyl (C=O) groups excluding carboxylic acids is 1. The monoisotopic (exact) mass is 368 g/mol. The summed E-state index contributed by atoms with van der Waals surface area (Å²) >= 11 is 0. The number of anilines is 1. The van der Waals surface area contributed by atoms with E-state index < -0.39 is 0 Å². The highest BCUT2D eigenvalue weighted by molar-refractivity contribution is 5.94. The Labute approximate surface area is 161 Å². The lowest BCUT2D eigenvalue weighted by molar-refractivity contribution is 0.0746. The Balaban J connectivity index is 1.53. The van der Waals surface area contributed by atoms with Gasteiger partial charge in [0.25, 0.3) is 5.91 Å². The van der Waals surface area contributed by atoms with Crippen molar-refractivity contribution in [1.29, 1.82) is 0 Å². The molecule has 144 valence electrons. The molecule has 2 aromatic rings. The van der Waals surface area contributed by atoms with Gasteiger partial charge in [0.2, 0.25) is 0 Å². The number of benzene rings is 2. The van der Waals surface area contributed by atoms with E-state index in [1.165, 1.54) is 0 Å². The van der Waals surface area contributed by atoms with Crippen molar-refractivity contribution in [3.05, 3.63) is 54.1 Å². The van der Waals surface area contributed by atoms with Crippen LogP contribution in [0.25, 0.3) is 0 Å². The Hall–Kier alpha value is -2.69. The Kier molecular flexibility index (Phi) is 6.58. The van der Waals surface area contributed by atoms with Crippen molar-refractivity contribution >= 4 is 11.6 Å². The van der Waals surface area contributed by atoms with Gasteiger partial charge in [-0.1, -0.05) is 13.3 Å². The van der Waals surface area contributed by atoms with Crippen molar-refractivity contribution in [2.45, 2.75) is 19.8 Å². The molecular weight excluding hydrogens is 340 g/mol. The van der Waals surface area contributed by atoms with Crippen molar-refractivity contribution in [3.63, 3.8) is 0 Å². The number of ether oxygens (including phenoxy) is 2. The molecule has 0 aliphatic carbocycles. The summed E-state index contributed by atoms with van der Waals surface area (Å²) in [5.74, 6) is 1.77. The molecular formula is C22H28N2O3. The Morgan fingerprint density at radius 1 is 0.926 bits per heavy atom. The van der Waals surface area contributed by atoms with Crippen LogP contribution < -0.4 is 14.4 Å². The summed E-state index contributed by atoms with van der Waals surface area (Å²) in [6.07, 6.45) is 2.15. The van der Waals surface area contributed by atoms with Crippen molar-refractivity contribution in [2.75, 3.05) is 44.8 Å². The second-order valence-corrected chi connectivity index (χ2v) is 6.70. The highest BCUT2D eigenvalue weighted by Gasteiger charge is 2.22. The summed E-state index contributed by atoms with van der Waals surface area (Å²) in [6.45, 7) is 5.96. The topological polar surface area (TPSA) is 42.0 Å². The maximum Gasteiger partial charge on any atom is 0.253 e. The fourth-order valence-corrected chi connectivity index (χ4v) is 3.17. The molecule has 2 aromatic carbocycles. The first kappa shape index (κ1) is 19.1. The Morgan fingerprint density at radius 3 is 2.15 bits per heavy atom. The van der Waals surface area contributed by atoms with Crippen LogP contribution in [-0.2, 0) is 0 Å². The molecule has 0 aromatic heterocycles. The van der Waals surface area contributed by atoms with Gasteiger partial charge in [-0.25, -0.2) is 0 Å². The van der Waals surface area contributed by atoms with Gasteiger partial charge in [-0.3, -0.25) is 4.79 Å². The highest BCUT2D eigenvalue weighted by atomic mass is 16.5. The van der Waals surface area contributed by atoms with E-state index in [0.29, 0.717) is 0 Å². The van der Waals surface area contributed by atoms with Crippen LogP contribution in [-0.4, -0.2) is 50.7 Å². The van der Waals surface area contributed by atoms with Crippen molar-refractivity contribution in [1.82, 2.24) is 4.90 Å². The fraction of sp³-hybridized carbons (Fsp3) is 0.409. The van der Waals surface area contributed by atoms with Crippen molar-refractivity contribution in [2.24, 2.45) is 0 Å². The first-order chi connectivity index (χ1) is 13.2. The molecule has 0 saturated carbocycles. The SMILES string of the molecule is CCCCOc1ccc(C(=O)N2CCN(c3ccc(OC)cc3)CC2)cc1. The molecule has 5 heteroatoms. The second kappa shape index (κ2) is 9.31. The molecule has 1 amide bonds. The van der Waals surface area contributed by atoms with Crippen LogP contribution in [0.3, 0.4) is 0 Å². The summed E-state index contributed by atoms with van der Waals surface area (Å²) in [4.78, 5) is 17.0. The molecule has 5 nitrogen and oxygen atoms in total. The maximum atomic E-state index is 12.7. The molecule has 0 bridgehead atoms. The third-order valence-corrected chi connectivity index (χ3v) is 4.87. The summed E-state index contributed by atoms with van der Waals surface area (Å²) in [5.41, 5.74) is 1.88. The second-order valence-electron chi connectivity index (χ2n) is 6.70. The third kappa shape index (κ3) is 4.94. The van der Waals surface area contributed by atoms with Gasteiger partial charge in [0.05, 0.1) is 13.7 Å². The van der Waals surface area contributed by atoms with Crippen LogP contribution >= 0.6 is 0 Å². The van der Waals surface area contributed by atoms with Gasteiger partial charge in [-0.05, 0) is 55.0 Å². The molecule has 1 aliphatic rings. The number of hydrogen-bond acceptors (Lipinski definition) is 4. The highest BCUT2D eigenvalue weighted by Crippen LogP contribution is 2.21. The number of hydrogen-bond donors (Lipinski definition) is 0. The van der Waals surface area contributed by atoms with E-state index in [0.717, 1.165) is 68.4 Å². The molecule has 27 heavy (non-hydrogen) atoms. The van der Waals surface area contributed by atoms with E-state index in [9.17, 15) is 4.79 Å². The van der Waals surface area contributed by atoms with Gasteiger partial charge < -0.3 is 19.3 Å². The molecule has 0 radical (unpaired) electrons. The van der Waals surface area contributed by atoms with E-state index in [1.807, 2.05) is 41.3 Å². The molecule has 1 fully saturated rings. The standard InChI is InChI=1S/C22H28N2O3/c1-3-4-17-27-21-9-5-18(6-10-21)22(25)24-15-13-23(14-16-24)19-7-11-20(26-2)12-8-19/h5-12H,3-4,13-17H2,1-2H3. The predicted octanol–water partition coefficient (Wildman–Crippen LogP) is 3.84. The van der Waals surface area contributed by atoms with Crippen LogP contribution in [0.5, 0.6) is 11.5 Å². The predicted molar refractivity (Wildman–Crippen MR) is 108 cm³/mol. The van der Waals surface area contributed by atoms with Crippen LogP contribution in [0, 0.1) is 0 Å². The van der Waals surface area contributed by atoms with E-state index in [4.69, 9.17) is 9.47 Å². The first-order valence-electron chi connectivity index (χ1n) is 9.62. The molecule has 0 unspecified atom stereocenters. The zero-order chi connectivity index (χ0) is 19.1. The summed E-state index contributed by atoms with van der Waals surface area (Å²) in [7, 11) is 1.67. The number of rotatable bonds is 7. The minimum Gasteiger partial charge on any atom is -0.497 e. The number of methoxy groups -OCH3 is 1. The van der Waals surface area contributed by atoms with Gasteiger partial charge in [0, 0.05) is 37.4 Å². The van der Waals surface area contributed by atoms with E-state index in [-0.39, 0.29) is 5.91 Å². The zero-order valence-electron chi connectivity index (χ0n) is 16.2. The number of carbonyl (C=O) groups is 1. The van der Waals surface area contributed by atoms with Gasteiger partial charge in [0.1, 0.15) is 11.5 Å². The lowest BCUT2D eigenvalue weighted by Gasteiger charge is -2.36. The van der Waals surface area contributed by atoms with Gasteiger partial charge in [0.15, 0.2) is 0 Å². The number of nitrogens with zero attached hydrogens (tertiary/aromatic N) is 2. The average Bonchev–Trinajstić information content (AvgIpc) is 2.74. The number of piperazine rings is 1. The molecule has 0 atom stereocenters. The Morgan fingerprint density at radius 2 is 1.56 bits per heavy atom. The smallest absolute Gasteiger partial charge is 0.253 e. The van der Waals surface area contributed by atoms with Crippen LogP contribution in [0.4, 0.5) is 5.69 Å². The zero-order valence-corrected chi connectivity index (χ0v) is 16.2. The molecule has 0 N–H and O–H groups in total. The minimum absolute atomic E-state index is 0.0875. The van der Waals surface area contributed by atoms with E-state index in [2.05, 4.69) is 24.0 Å². The summed E-state index contributed by atoms with van der Waals surface area (Å²) in [6, 6.07) is 15.6. The lowest BCUT2D eigenvalue weighted by Crippen LogP contribution is -2.48. The number of amides is 1. The molecule has 0 spiro atoms. The van der Waals surface area contributed by atoms with Crippen molar-refractivity contribution in [3.8, 4) is 11.5 Å². The van der Waals surface area contributed by atoms with Crippen LogP contribution in [0.1, 0.15) is 30.1 Å². The molecule has 3 rings (SSSR count). The largest absolute Gasteiger partial charge is 0.497 e. The van der Waals surface area contributed by atoms with E-state index >= 15 is 0 Å². The minimum atomic E-state index is 0.0875. The molecule has 1 aliphatic heterocycles. The van der Waals surface area contributed by atoms with Crippen LogP contribution in [0.2, 0.25) is 0 Å². The van der Waals surface area contributed by atoms with E-state index in [1.54, 1.807) is 7.11 Å². The quantitative estimate of drug-likeness (QED) is 0.697. The average molecular weight is 368 g/mol. The first-order valence-corrected chi connectivity index (χ1v) is 9.62.